The number of nitrogens with zero attached hydrogens (tertiary/aromatic N) is 3. The van der Waals surface area contributed by atoms with Crippen molar-refractivity contribution in [2.75, 3.05) is 18.4 Å². The van der Waals surface area contributed by atoms with Gasteiger partial charge in [-0.05, 0) is 43.4 Å². The Kier molecular flexibility index (Phi) is 13.5. The lowest BCUT2D eigenvalue weighted by Crippen LogP contribution is -2.52. The van der Waals surface area contributed by atoms with Gasteiger partial charge in [0.2, 0.25) is 11.8 Å². The maximum absolute atomic E-state index is 13.3. The van der Waals surface area contributed by atoms with Crippen molar-refractivity contribution in [3.05, 3.63) is 70.3 Å². The molecular formula is C26H36N10O6. The van der Waals surface area contributed by atoms with E-state index in [4.69, 9.17) is 27.7 Å². The van der Waals surface area contributed by atoms with E-state index < -0.39 is 34.9 Å². The number of anilines is 1. The third-order valence-electron chi connectivity index (χ3n) is 5.69. The molecule has 16 heteroatoms. The van der Waals surface area contributed by atoms with Gasteiger partial charge in [0.05, 0.1) is 4.92 Å². The maximum atomic E-state index is 13.3. The second kappa shape index (κ2) is 17.3. The van der Waals surface area contributed by atoms with Gasteiger partial charge in [-0.1, -0.05) is 30.3 Å². The van der Waals surface area contributed by atoms with E-state index in [-0.39, 0.29) is 55.8 Å². The average Bonchev–Trinajstić information content (AvgIpc) is 2.95. The first-order valence-electron chi connectivity index (χ1n) is 13.0. The number of nitro groups is 1. The molecule has 0 aliphatic rings. The third kappa shape index (κ3) is 12.6. The van der Waals surface area contributed by atoms with Crippen LogP contribution in [0.15, 0.2) is 64.6 Å². The minimum Gasteiger partial charge on any atom is -0.445 e. The molecule has 0 unspecified atom stereocenters. The zero-order valence-corrected chi connectivity index (χ0v) is 22.9. The number of nitrogens with one attached hydrogen (secondary N) is 3. The van der Waals surface area contributed by atoms with Crippen molar-refractivity contribution in [3.63, 3.8) is 0 Å². The van der Waals surface area contributed by atoms with Crippen molar-refractivity contribution in [3.8, 4) is 0 Å². The zero-order chi connectivity index (χ0) is 30.9. The van der Waals surface area contributed by atoms with Crippen molar-refractivity contribution in [1.29, 1.82) is 0 Å². The van der Waals surface area contributed by atoms with E-state index in [1.54, 1.807) is 24.3 Å². The molecule has 0 radical (unpaired) electrons. The fourth-order valence-electron chi connectivity index (χ4n) is 3.62. The highest BCUT2D eigenvalue weighted by molar-refractivity contribution is 5.98. The summed E-state index contributed by atoms with van der Waals surface area (Å²) in [4.78, 5) is 57.1. The predicted molar refractivity (Wildman–Crippen MR) is 157 cm³/mol. The van der Waals surface area contributed by atoms with Gasteiger partial charge >= 0.3 is 6.09 Å². The molecule has 0 aliphatic carbocycles. The number of carbonyl (C=O) groups is 3. The fraction of sp³-hybridized carbons (Fsp3) is 0.346. The summed E-state index contributed by atoms with van der Waals surface area (Å²) < 4.78 is 5.25. The topological polar surface area (TPSA) is 268 Å². The van der Waals surface area contributed by atoms with Gasteiger partial charge < -0.3 is 43.6 Å². The monoisotopic (exact) mass is 584 g/mol. The smallest absolute Gasteiger partial charge is 0.408 e. The Morgan fingerprint density at radius 1 is 0.810 bits per heavy atom. The van der Waals surface area contributed by atoms with E-state index in [1.165, 1.54) is 24.3 Å². The van der Waals surface area contributed by atoms with E-state index in [9.17, 15) is 24.5 Å². The first-order valence-corrected chi connectivity index (χ1v) is 13.0. The van der Waals surface area contributed by atoms with Gasteiger partial charge in [-0.25, -0.2) is 4.79 Å². The Morgan fingerprint density at radius 2 is 1.36 bits per heavy atom. The van der Waals surface area contributed by atoms with Gasteiger partial charge in [0.25, 0.3) is 5.69 Å². The molecule has 11 N–H and O–H groups in total. The number of aliphatic imine (C=N–C) groups is 2. The first-order chi connectivity index (χ1) is 20.0. The molecule has 16 nitrogen and oxygen atoms in total. The van der Waals surface area contributed by atoms with Gasteiger partial charge in [-0.15, -0.1) is 0 Å². The van der Waals surface area contributed by atoms with Crippen LogP contribution in [-0.2, 0) is 20.9 Å². The molecule has 2 rings (SSSR count). The van der Waals surface area contributed by atoms with Crippen LogP contribution >= 0.6 is 0 Å². The maximum Gasteiger partial charge on any atom is 0.408 e. The number of amides is 3. The van der Waals surface area contributed by atoms with Crippen molar-refractivity contribution < 1.29 is 24.0 Å². The highest BCUT2D eigenvalue weighted by Gasteiger charge is 2.27. The van der Waals surface area contributed by atoms with Crippen LogP contribution in [0.3, 0.4) is 0 Å². The molecule has 0 aromatic heterocycles. The van der Waals surface area contributed by atoms with Gasteiger partial charge in [-0.3, -0.25) is 29.7 Å². The van der Waals surface area contributed by atoms with E-state index in [0.29, 0.717) is 12.8 Å². The second-order valence-electron chi connectivity index (χ2n) is 9.01. The van der Waals surface area contributed by atoms with Crippen LogP contribution in [0.1, 0.15) is 31.2 Å². The molecule has 0 bridgehead atoms. The van der Waals surface area contributed by atoms with Crippen LogP contribution in [0.2, 0.25) is 0 Å². The van der Waals surface area contributed by atoms with Crippen LogP contribution in [0, 0.1) is 10.1 Å². The molecule has 0 heterocycles. The Balaban J connectivity index is 2.14. The van der Waals surface area contributed by atoms with Gasteiger partial charge in [0.15, 0.2) is 11.9 Å². The summed E-state index contributed by atoms with van der Waals surface area (Å²) in [6.07, 6.45) is 0.103. The highest BCUT2D eigenvalue weighted by atomic mass is 16.6. The molecule has 0 spiro atoms. The Labute approximate surface area is 242 Å². The number of nitrogens with two attached hydrogens (primary N) is 4. The number of alkyl carbamates (subject to hydrolysis) is 1. The molecule has 2 aromatic carbocycles. The number of carbonyl (C=O) groups excluding carboxylic acids is 3. The average molecular weight is 585 g/mol. The summed E-state index contributed by atoms with van der Waals surface area (Å²) in [5, 5.41) is 18.7. The molecule has 0 saturated heterocycles. The first kappa shape index (κ1) is 32.8. The lowest BCUT2D eigenvalue weighted by Gasteiger charge is -2.23. The fourth-order valence-corrected chi connectivity index (χ4v) is 3.62. The van der Waals surface area contributed by atoms with Crippen molar-refractivity contribution in [2.24, 2.45) is 32.9 Å². The third-order valence-corrected chi connectivity index (χ3v) is 5.69. The minimum atomic E-state index is -1.09. The number of hydrogen-bond donors (Lipinski definition) is 7. The van der Waals surface area contributed by atoms with Crippen molar-refractivity contribution >= 4 is 41.2 Å². The summed E-state index contributed by atoms with van der Waals surface area (Å²) in [6.45, 7) is 0.390. The van der Waals surface area contributed by atoms with Crippen LogP contribution < -0.4 is 38.9 Å². The van der Waals surface area contributed by atoms with Gasteiger partial charge in [-0.2, -0.15) is 0 Å². The summed E-state index contributed by atoms with van der Waals surface area (Å²) in [5.74, 6) is -1.48. The number of nitro benzene ring substituents is 1. The molecule has 2 aromatic rings. The lowest BCUT2D eigenvalue weighted by molar-refractivity contribution is -0.384. The molecular weight excluding hydrogens is 548 g/mol. The zero-order valence-electron chi connectivity index (χ0n) is 22.9. The Bertz CT molecular complexity index is 1250. The van der Waals surface area contributed by atoms with Crippen LogP contribution in [0.4, 0.5) is 16.2 Å². The summed E-state index contributed by atoms with van der Waals surface area (Å²) in [6, 6.07) is 12.0. The largest absolute Gasteiger partial charge is 0.445 e. The minimum absolute atomic E-state index is 0.0138. The number of rotatable bonds is 16. The summed E-state index contributed by atoms with van der Waals surface area (Å²) in [7, 11) is 0. The van der Waals surface area contributed by atoms with Crippen LogP contribution in [0.5, 0.6) is 0 Å². The van der Waals surface area contributed by atoms with Crippen molar-refractivity contribution in [1.82, 2.24) is 10.6 Å². The Morgan fingerprint density at radius 3 is 1.88 bits per heavy atom. The van der Waals surface area contributed by atoms with E-state index >= 15 is 0 Å². The molecule has 2 atom stereocenters. The quantitative estimate of drug-likeness (QED) is 0.0469. The second-order valence-corrected chi connectivity index (χ2v) is 9.01. The SMILES string of the molecule is NC(N)=NCCC[C@@H](NC(=O)OCc1ccccc1)C(=O)N[C@H](CCCN=C(N)N)C(=O)Nc1ccc([N+](=O)[O-])cc1. The molecule has 3 amide bonds. The van der Waals surface area contributed by atoms with Crippen molar-refractivity contribution in [2.45, 2.75) is 44.4 Å². The number of hydrogen-bond acceptors (Lipinski definition) is 8. The van der Waals surface area contributed by atoms with Gasteiger partial charge in [0, 0.05) is 30.9 Å². The standard InChI is InChI=1S/C26H36N10O6/c27-24(28)31-14-4-8-20(22(37)33-18-10-12-19(13-11-18)36(40)41)34-23(38)21(9-5-15-32-25(29)30)35-26(39)42-16-17-6-2-1-3-7-17/h1-3,6-7,10-13,20-21H,4-5,8-9,14-16H2,(H,33,37)(H,34,38)(H,35,39)(H4,27,28,31)(H4,29,30,32)/t20-,21-/m1/s1. The van der Waals surface area contributed by atoms with Gasteiger partial charge in [0.1, 0.15) is 18.7 Å². The molecule has 0 fully saturated rings. The highest BCUT2D eigenvalue weighted by Crippen LogP contribution is 2.16. The number of non-ortho nitro benzene ring substituents is 1. The molecule has 42 heavy (non-hydrogen) atoms. The normalized spacial score (nSPS) is 11.7. The number of ether oxygens (including phenoxy) is 1. The summed E-state index contributed by atoms with van der Waals surface area (Å²) in [5.41, 5.74) is 22.3. The molecule has 0 saturated carbocycles. The number of benzene rings is 2. The van der Waals surface area contributed by atoms with E-state index in [1.807, 2.05) is 6.07 Å². The number of guanidine groups is 2. The summed E-state index contributed by atoms with van der Waals surface area (Å²) >= 11 is 0. The van der Waals surface area contributed by atoms with Crippen LogP contribution in [0.25, 0.3) is 0 Å². The molecule has 0 aliphatic heterocycles. The molecule has 226 valence electrons. The predicted octanol–water partition coefficient (Wildman–Crippen LogP) is 0.420. The Hall–Kier alpha value is -5.41. The lowest BCUT2D eigenvalue weighted by atomic mass is 10.1. The van der Waals surface area contributed by atoms with E-state index in [2.05, 4.69) is 25.9 Å². The van der Waals surface area contributed by atoms with E-state index in [0.717, 1.165) is 5.56 Å². The van der Waals surface area contributed by atoms with Crippen LogP contribution in [-0.4, -0.2) is 59.9 Å².